The lowest BCUT2D eigenvalue weighted by molar-refractivity contribution is -0.126. The number of hydrogen-bond acceptors (Lipinski definition) is 3. The fourth-order valence-electron chi connectivity index (χ4n) is 2.32. The third kappa shape index (κ3) is 4.58. The first-order chi connectivity index (χ1) is 8.56. The van der Waals surface area contributed by atoms with E-state index in [0.29, 0.717) is 25.0 Å². The van der Waals surface area contributed by atoms with E-state index in [-0.39, 0.29) is 18.0 Å². The van der Waals surface area contributed by atoms with E-state index in [4.69, 9.17) is 4.74 Å². The second-order valence-electron chi connectivity index (χ2n) is 5.57. The Kier molecular flexibility index (Phi) is 6.65. The van der Waals surface area contributed by atoms with Crippen LogP contribution in [0.25, 0.3) is 0 Å². The van der Waals surface area contributed by atoms with E-state index in [0.717, 1.165) is 19.4 Å². The summed E-state index contributed by atoms with van der Waals surface area (Å²) in [6, 6.07) is 0.0648. The largest absolute Gasteiger partial charge is 0.380 e. The van der Waals surface area contributed by atoms with E-state index in [1.165, 1.54) is 0 Å². The van der Waals surface area contributed by atoms with Gasteiger partial charge in [-0.05, 0) is 38.1 Å². The standard InChI is InChI=1S/C14H28N2O2/c1-5-18-9-12(10(2)3)16-14(17)13-11(4)7-6-8-15-13/h10-13,15H,5-9H2,1-4H3,(H,16,17). The van der Waals surface area contributed by atoms with Crippen LogP contribution in [0.4, 0.5) is 0 Å². The SMILES string of the molecule is CCOCC(NC(=O)C1NCCCC1C)C(C)C. The molecule has 3 atom stereocenters. The van der Waals surface area contributed by atoms with E-state index >= 15 is 0 Å². The Morgan fingerprint density at radius 1 is 1.50 bits per heavy atom. The highest BCUT2D eigenvalue weighted by atomic mass is 16.5. The van der Waals surface area contributed by atoms with Crippen LogP contribution in [0.15, 0.2) is 0 Å². The van der Waals surface area contributed by atoms with E-state index in [1.807, 2.05) is 6.92 Å². The van der Waals surface area contributed by atoms with Gasteiger partial charge in [0.1, 0.15) is 0 Å². The molecule has 2 N–H and O–H groups in total. The maximum absolute atomic E-state index is 12.3. The lowest BCUT2D eigenvalue weighted by Crippen LogP contribution is -2.54. The number of piperidine rings is 1. The van der Waals surface area contributed by atoms with Crippen molar-refractivity contribution in [2.24, 2.45) is 11.8 Å². The van der Waals surface area contributed by atoms with E-state index < -0.39 is 0 Å². The number of nitrogens with one attached hydrogen (secondary N) is 2. The zero-order valence-electron chi connectivity index (χ0n) is 12.2. The highest BCUT2D eigenvalue weighted by Gasteiger charge is 2.29. The molecule has 0 aromatic heterocycles. The number of ether oxygens (including phenoxy) is 1. The number of amides is 1. The average Bonchev–Trinajstić information content (AvgIpc) is 2.34. The molecule has 3 unspecified atom stereocenters. The third-order valence-electron chi connectivity index (χ3n) is 3.69. The molecule has 1 heterocycles. The molecule has 0 aliphatic carbocycles. The second kappa shape index (κ2) is 7.74. The number of carbonyl (C=O) groups excluding carboxylic acids is 1. The highest BCUT2D eigenvalue weighted by molar-refractivity contribution is 5.82. The second-order valence-corrected chi connectivity index (χ2v) is 5.57. The summed E-state index contributed by atoms with van der Waals surface area (Å²) in [5.74, 6) is 0.929. The Hall–Kier alpha value is -0.610. The van der Waals surface area contributed by atoms with Crippen LogP contribution < -0.4 is 10.6 Å². The Bertz CT molecular complexity index is 256. The summed E-state index contributed by atoms with van der Waals surface area (Å²) in [7, 11) is 0. The Labute approximate surface area is 111 Å². The minimum absolute atomic E-state index is 0.0402. The molecule has 0 aromatic rings. The Morgan fingerprint density at radius 2 is 2.22 bits per heavy atom. The van der Waals surface area contributed by atoms with Crippen LogP contribution in [0, 0.1) is 11.8 Å². The molecule has 1 saturated heterocycles. The summed E-state index contributed by atoms with van der Waals surface area (Å²) in [6.07, 6.45) is 2.29. The predicted molar refractivity (Wildman–Crippen MR) is 73.5 cm³/mol. The van der Waals surface area contributed by atoms with Crippen molar-refractivity contribution in [1.82, 2.24) is 10.6 Å². The summed E-state index contributed by atoms with van der Waals surface area (Å²) < 4.78 is 5.44. The molecule has 1 rings (SSSR count). The fourth-order valence-corrected chi connectivity index (χ4v) is 2.32. The van der Waals surface area contributed by atoms with Gasteiger partial charge in [0.25, 0.3) is 0 Å². The summed E-state index contributed by atoms with van der Waals surface area (Å²) in [4.78, 5) is 12.3. The van der Waals surface area contributed by atoms with Crippen LogP contribution in [0.2, 0.25) is 0 Å². The van der Waals surface area contributed by atoms with Crippen molar-refractivity contribution in [3.63, 3.8) is 0 Å². The molecule has 0 saturated carbocycles. The summed E-state index contributed by atoms with van der Waals surface area (Å²) >= 11 is 0. The summed E-state index contributed by atoms with van der Waals surface area (Å²) in [5, 5.41) is 6.44. The third-order valence-corrected chi connectivity index (χ3v) is 3.69. The van der Waals surface area contributed by atoms with Crippen LogP contribution in [0.3, 0.4) is 0 Å². The number of hydrogen-bond donors (Lipinski definition) is 2. The monoisotopic (exact) mass is 256 g/mol. The van der Waals surface area contributed by atoms with Crippen LogP contribution in [0.5, 0.6) is 0 Å². The average molecular weight is 256 g/mol. The van der Waals surface area contributed by atoms with Gasteiger partial charge in [0.15, 0.2) is 0 Å². The molecule has 1 fully saturated rings. The normalized spacial score (nSPS) is 26.1. The van der Waals surface area contributed by atoms with Gasteiger partial charge in [-0.2, -0.15) is 0 Å². The maximum Gasteiger partial charge on any atom is 0.237 e. The molecule has 0 spiro atoms. The van der Waals surface area contributed by atoms with Crippen LogP contribution in [0.1, 0.15) is 40.5 Å². The first-order valence-corrected chi connectivity index (χ1v) is 7.17. The first-order valence-electron chi connectivity index (χ1n) is 7.17. The lowest BCUT2D eigenvalue weighted by Gasteiger charge is -2.31. The molecule has 1 aliphatic rings. The molecular formula is C14H28N2O2. The molecule has 4 nitrogen and oxygen atoms in total. The molecule has 4 heteroatoms. The minimum atomic E-state index is -0.0402. The van der Waals surface area contributed by atoms with Gasteiger partial charge >= 0.3 is 0 Å². The molecule has 0 radical (unpaired) electrons. The van der Waals surface area contributed by atoms with Crippen LogP contribution in [-0.2, 0) is 9.53 Å². The van der Waals surface area contributed by atoms with Gasteiger partial charge in [0.2, 0.25) is 5.91 Å². The zero-order chi connectivity index (χ0) is 13.5. The zero-order valence-corrected chi connectivity index (χ0v) is 12.2. The van der Waals surface area contributed by atoms with Crippen molar-refractivity contribution < 1.29 is 9.53 Å². The molecule has 106 valence electrons. The highest BCUT2D eigenvalue weighted by Crippen LogP contribution is 2.16. The molecule has 1 aliphatic heterocycles. The molecule has 0 bridgehead atoms. The molecular weight excluding hydrogens is 228 g/mol. The minimum Gasteiger partial charge on any atom is -0.380 e. The van der Waals surface area contributed by atoms with Gasteiger partial charge in [-0.3, -0.25) is 4.79 Å². The van der Waals surface area contributed by atoms with Gasteiger partial charge in [-0.1, -0.05) is 20.8 Å². The van der Waals surface area contributed by atoms with Crippen LogP contribution >= 0.6 is 0 Å². The number of rotatable bonds is 6. The quantitative estimate of drug-likeness (QED) is 0.758. The summed E-state index contributed by atoms with van der Waals surface area (Å²) in [5.41, 5.74) is 0. The number of carbonyl (C=O) groups is 1. The van der Waals surface area contributed by atoms with Gasteiger partial charge in [0.05, 0.1) is 18.7 Å². The smallest absolute Gasteiger partial charge is 0.237 e. The topological polar surface area (TPSA) is 50.4 Å². The maximum atomic E-state index is 12.3. The van der Waals surface area contributed by atoms with Crippen molar-refractivity contribution >= 4 is 5.91 Å². The van der Waals surface area contributed by atoms with E-state index in [9.17, 15) is 4.79 Å². The molecule has 1 amide bonds. The van der Waals surface area contributed by atoms with E-state index in [1.54, 1.807) is 0 Å². The Balaban J connectivity index is 2.48. The fraction of sp³-hybridized carbons (Fsp3) is 0.929. The van der Waals surface area contributed by atoms with Gasteiger partial charge < -0.3 is 15.4 Å². The van der Waals surface area contributed by atoms with Gasteiger partial charge in [-0.25, -0.2) is 0 Å². The lowest BCUT2D eigenvalue weighted by atomic mass is 9.91. The van der Waals surface area contributed by atoms with Crippen molar-refractivity contribution in [2.75, 3.05) is 19.8 Å². The van der Waals surface area contributed by atoms with E-state index in [2.05, 4.69) is 31.4 Å². The Morgan fingerprint density at radius 3 is 2.78 bits per heavy atom. The van der Waals surface area contributed by atoms with Crippen molar-refractivity contribution in [2.45, 2.75) is 52.6 Å². The van der Waals surface area contributed by atoms with Crippen molar-refractivity contribution in [1.29, 1.82) is 0 Å². The molecule has 18 heavy (non-hydrogen) atoms. The van der Waals surface area contributed by atoms with Gasteiger partial charge in [-0.15, -0.1) is 0 Å². The van der Waals surface area contributed by atoms with Crippen molar-refractivity contribution in [3.05, 3.63) is 0 Å². The van der Waals surface area contributed by atoms with Gasteiger partial charge in [0, 0.05) is 6.61 Å². The van der Waals surface area contributed by atoms with Crippen molar-refractivity contribution in [3.8, 4) is 0 Å². The first kappa shape index (κ1) is 15.4. The summed E-state index contributed by atoms with van der Waals surface area (Å²) in [6.45, 7) is 10.6. The van der Waals surface area contributed by atoms with Crippen LogP contribution in [-0.4, -0.2) is 37.7 Å². The molecule has 0 aromatic carbocycles. The predicted octanol–water partition coefficient (Wildman–Crippen LogP) is 1.55.